The third kappa shape index (κ3) is 3.41. The van der Waals surface area contributed by atoms with E-state index in [9.17, 15) is 14.3 Å². The highest BCUT2D eigenvalue weighted by atomic mass is 19.1. The number of aromatic nitrogens is 1. The number of nitrogens with one attached hydrogen (secondary N) is 1. The van der Waals surface area contributed by atoms with E-state index >= 15 is 0 Å². The number of nitrogens with zero attached hydrogens (tertiary/aromatic N) is 2. The lowest BCUT2D eigenvalue weighted by atomic mass is 10.0. The van der Waals surface area contributed by atoms with Gasteiger partial charge in [-0.25, -0.2) is 4.39 Å². The molecule has 0 saturated carbocycles. The van der Waals surface area contributed by atoms with Crippen LogP contribution in [0.4, 0.5) is 10.1 Å². The molecular weight excluding hydrogens is 361 g/mol. The zero-order valence-corrected chi connectivity index (χ0v) is 15.6. The standard InChI is InChI=1S/C21H22FN3O3/c1-28-16-6-7-19-17(12-16)18(13-23-19)20(21(26)27)25-10-8-24(9-11-25)15-4-2-14(22)3-5-15/h2-7,12-13,20,23H,8-11H2,1H3,(H,26,27)/t20-/m0/s1. The fraction of sp³-hybridized carbons (Fsp3) is 0.286. The van der Waals surface area contributed by atoms with Crippen molar-refractivity contribution in [2.75, 3.05) is 38.2 Å². The van der Waals surface area contributed by atoms with Gasteiger partial charge in [-0.1, -0.05) is 0 Å². The maximum absolute atomic E-state index is 13.1. The molecule has 2 heterocycles. The Labute approximate surface area is 162 Å². The van der Waals surface area contributed by atoms with Gasteiger partial charge in [-0.15, -0.1) is 0 Å². The van der Waals surface area contributed by atoms with E-state index in [0.717, 1.165) is 22.2 Å². The summed E-state index contributed by atoms with van der Waals surface area (Å²) < 4.78 is 18.4. The molecule has 1 fully saturated rings. The summed E-state index contributed by atoms with van der Waals surface area (Å²) in [6.45, 7) is 2.57. The van der Waals surface area contributed by atoms with Crippen LogP contribution in [0.5, 0.6) is 5.75 Å². The SMILES string of the molecule is COc1ccc2[nH]cc([C@@H](C(=O)O)N3CCN(c4ccc(F)cc4)CC3)c2c1. The average Bonchev–Trinajstić information content (AvgIpc) is 3.12. The van der Waals surface area contributed by atoms with Crippen LogP contribution in [-0.4, -0.2) is 54.2 Å². The fourth-order valence-electron chi connectivity index (χ4n) is 3.85. The quantitative estimate of drug-likeness (QED) is 0.708. The van der Waals surface area contributed by atoms with E-state index in [1.807, 2.05) is 23.1 Å². The number of hydrogen-bond acceptors (Lipinski definition) is 4. The summed E-state index contributed by atoms with van der Waals surface area (Å²) in [6.07, 6.45) is 1.77. The molecule has 0 unspecified atom stereocenters. The van der Waals surface area contributed by atoms with Crippen LogP contribution < -0.4 is 9.64 Å². The number of aromatic amines is 1. The predicted octanol–water partition coefficient (Wildman–Crippen LogP) is 3.26. The lowest BCUT2D eigenvalue weighted by Gasteiger charge is -2.38. The van der Waals surface area contributed by atoms with E-state index in [1.54, 1.807) is 25.4 Å². The van der Waals surface area contributed by atoms with E-state index in [2.05, 4.69) is 9.88 Å². The Morgan fingerprint density at radius 1 is 1.14 bits per heavy atom. The Morgan fingerprint density at radius 3 is 2.50 bits per heavy atom. The minimum atomic E-state index is -0.876. The first-order valence-corrected chi connectivity index (χ1v) is 9.19. The Bertz CT molecular complexity index is 978. The number of halogens is 1. The number of piperazine rings is 1. The van der Waals surface area contributed by atoms with Gasteiger partial charge in [0.1, 0.15) is 17.6 Å². The lowest BCUT2D eigenvalue weighted by molar-refractivity contribution is -0.143. The summed E-state index contributed by atoms with van der Waals surface area (Å²) in [6, 6.07) is 11.3. The Hall–Kier alpha value is -3.06. The van der Waals surface area contributed by atoms with E-state index in [-0.39, 0.29) is 5.82 Å². The number of carboxylic acids is 1. The molecular formula is C21H22FN3O3. The molecule has 28 heavy (non-hydrogen) atoms. The molecule has 2 aromatic carbocycles. The van der Waals surface area contributed by atoms with Crippen molar-refractivity contribution in [3.05, 3.63) is 60.0 Å². The highest BCUT2D eigenvalue weighted by Crippen LogP contribution is 2.32. The zero-order valence-electron chi connectivity index (χ0n) is 15.6. The predicted molar refractivity (Wildman–Crippen MR) is 105 cm³/mol. The fourth-order valence-corrected chi connectivity index (χ4v) is 3.85. The zero-order chi connectivity index (χ0) is 19.7. The Morgan fingerprint density at radius 2 is 1.86 bits per heavy atom. The van der Waals surface area contributed by atoms with Crippen LogP contribution in [0.2, 0.25) is 0 Å². The van der Waals surface area contributed by atoms with Crippen LogP contribution in [0.1, 0.15) is 11.6 Å². The molecule has 0 spiro atoms. The Balaban J connectivity index is 1.56. The van der Waals surface area contributed by atoms with E-state index < -0.39 is 12.0 Å². The van der Waals surface area contributed by atoms with Crippen molar-refractivity contribution in [2.45, 2.75) is 6.04 Å². The molecule has 7 heteroatoms. The second-order valence-electron chi connectivity index (χ2n) is 6.90. The molecule has 146 valence electrons. The molecule has 1 aliphatic heterocycles. The second-order valence-corrected chi connectivity index (χ2v) is 6.90. The van der Waals surface area contributed by atoms with Crippen molar-refractivity contribution in [1.29, 1.82) is 0 Å². The summed E-state index contributed by atoms with van der Waals surface area (Å²) in [4.78, 5) is 19.4. The number of fused-ring (bicyclic) bond motifs is 1. The smallest absolute Gasteiger partial charge is 0.325 e. The van der Waals surface area contributed by atoms with E-state index in [4.69, 9.17) is 4.74 Å². The van der Waals surface area contributed by atoms with Gasteiger partial charge in [0.25, 0.3) is 0 Å². The summed E-state index contributed by atoms with van der Waals surface area (Å²) in [5.74, 6) is -0.444. The van der Waals surface area contributed by atoms with Gasteiger partial charge >= 0.3 is 5.97 Å². The monoisotopic (exact) mass is 383 g/mol. The van der Waals surface area contributed by atoms with Gasteiger partial charge in [-0.05, 0) is 42.5 Å². The van der Waals surface area contributed by atoms with Gasteiger partial charge in [0, 0.05) is 54.5 Å². The molecule has 4 rings (SSSR count). The highest BCUT2D eigenvalue weighted by molar-refractivity contribution is 5.90. The summed E-state index contributed by atoms with van der Waals surface area (Å²) in [5, 5.41) is 10.8. The van der Waals surface area contributed by atoms with Gasteiger partial charge in [0.05, 0.1) is 7.11 Å². The molecule has 6 nitrogen and oxygen atoms in total. The number of rotatable bonds is 5. The molecule has 0 radical (unpaired) electrons. The molecule has 1 atom stereocenters. The lowest BCUT2D eigenvalue weighted by Crippen LogP contribution is -2.49. The normalized spacial score (nSPS) is 16.3. The van der Waals surface area contributed by atoms with Gasteiger partial charge in [0.15, 0.2) is 0 Å². The first-order chi connectivity index (χ1) is 13.6. The van der Waals surface area contributed by atoms with Crippen LogP contribution >= 0.6 is 0 Å². The maximum Gasteiger partial charge on any atom is 0.325 e. The Kier molecular flexibility index (Phi) is 4.92. The number of benzene rings is 2. The molecule has 1 aromatic heterocycles. The third-order valence-corrected chi connectivity index (χ3v) is 5.32. The summed E-state index contributed by atoms with van der Waals surface area (Å²) in [7, 11) is 1.59. The number of H-pyrrole nitrogens is 1. The van der Waals surface area contributed by atoms with Crippen LogP contribution in [0, 0.1) is 5.82 Å². The second kappa shape index (κ2) is 7.52. The van der Waals surface area contributed by atoms with Crippen LogP contribution in [0.15, 0.2) is 48.7 Å². The van der Waals surface area contributed by atoms with E-state index in [1.165, 1.54) is 12.1 Å². The molecule has 0 amide bonds. The van der Waals surface area contributed by atoms with Crippen molar-refractivity contribution < 1.29 is 19.0 Å². The first-order valence-electron chi connectivity index (χ1n) is 9.19. The number of ether oxygens (including phenoxy) is 1. The molecule has 2 N–H and O–H groups in total. The third-order valence-electron chi connectivity index (χ3n) is 5.32. The van der Waals surface area contributed by atoms with Gasteiger partial charge in [-0.2, -0.15) is 0 Å². The van der Waals surface area contributed by atoms with Crippen LogP contribution in [0.25, 0.3) is 10.9 Å². The molecule has 3 aromatic rings. The van der Waals surface area contributed by atoms with Crippen LogP contribution in [0.3, 0.4) is 0 Å². The van der Waals surface area contributed by atoms with Gasteiger partial charge in [0.2, 0.25) is 0 Å². The molecule has 0 aliphatic carbocycles. The largest absolute Gasteiger partial charge is 0.497 e. The summed E-state index contributed by atoms with van der Waals surface area (Å²) in [5.41, 5.74) is 2.56. The van der Waals surface area contributed by atoms with Crippen LogP contribution in [-0.2, 0) is 4.79 Å². The molecule has 0 bridgehead atoms. The van der Waals surface area contributed by atoms with Crippen molar-refractivity contribution in [1.82, 2.24) is 9.88 Å². The van der Waals surface area contributed by atoms with Gasteiger partial charge < -0.3 is 19.7 Å². The van der Waals surface area contributed by atoms with Crippen molar-refractivity contribution in [2.24, 2.45) is 0 Å². The van der Waals surface area contributed by atoms with E-state index in [0.29, 0.717) is 31.9 Å². The number of carbonyl (C=O) groups is 1. The average molecular weight is 383 g/mol. The maximum atomic E-state index is 13.1. The number of hydrogen-bond donors (Lipinski definition) is 2. The molecule has 1 saturated heterocycles. The summed E-state index contributed by atoms with van der Waals surface area (Å²) >= 11 is 0. The highest BCUT2D eigenvalue weighted by Gasteiger charge is 2.32. The topological polar surface area (TPSA) is 68.8 Å². The van der Waals surface area contributed by atoms with Crippen molar-refractivity contribution >= 4 is 22.6 Å². The first kappa shape index (κ1) is 18.3. The van der Waals surface area contributed by atoms with Gasteiger partial charge in [-0.3, -0.25) is 9.69 Å². The van der Waals surface area contributed by atoms with Crippen molar-refractivity contribution in [3.63, 3.8) is 0 Å². The number of aliphatic carboxylic acids is 1. The van der Waals surface area contributed by atoms with Crippen molar-refractivity contribution in [3.8, 4) is 5.75 Å². The number of carboxylic acid groups (broad SMARTS) is 1. The minimum absolute atomic E-state index is 0.261. The number of anilines is 1. The molecule has 1 aliphatic rings. The minimum Gasteiger partial charge on any atom is -0.497 e. The number of methoxy groups -OCH3 is 1.